The minimum absolute atomic E-state index is 0.529. The zero-order valence-electron chi connectivity index (χ0n) is 8.25. The molecule has 1 aliphatic rings. The molecule has 0 aliphatic carbocycles. The maximum absolute atomic E-state index is 3.15. The van der Waals surface area contributed by atoms with Gasteiger partial charge in [-0.15, -0.1) is 0 Å². The lowest BCUT2D eigenvalue weighted by Crippen LogP contribution is -2.34. The topological polar surface area (TPSA) is 18.5 Å². The van der Waals surface area contributed by atoms with Crippen molar-refractivity contribution in [1.82, 2.24) is 15.1 Å². The van der Waals surface area contributed by atoms with Crippen LogP contribution in [0.15, 0.2) is 12.4 Å². The van der Waals surface area contributed by atoms with Crippen LogP contribution in [0.1, 0.15) is 13.3 Å². The standard InChI is InChI=1S/C9H19N3/c1-9-11(3)7-8-12(9)6-4-5-10-2/h7-10H,4-6H2,1-3H3. The summed E-state index contributed by atoms with van der Waals surface area (Å²) in [4.78, 5) is 4.58. The second kappa shape index (κ2) is 4.36. The van der Waals surface area contributed by atoms with Crippen LogP contribution in [0, 0.1) is 0 Å². The highest BCUT2D eigenvalue weighted by Crippen LogP contribution is 2.12. The van der Waals surface area contributed by atoms with E-state index in [1.807, 2.05) is 7.05 Å². The lowest BCUT2D eigenvalue weighted by Gasteiger charge is -2.26. The third kappa shape index (κ3) is 2.14. The fourth-order valence-corrected chi connectivity index (χ4v) is 1.37. The van der Waals surface area contributed by atoms with Crippen molar-refractivity contribution in [2.24, 2.45) is 0 Å². The van der Waals surface area contributed by atoms with Gasteiger partial charge in [-0.2, -0.15) is 0 Å². The lowest BCUT2D eigenvalue weighted by atomic mass is 10.3. The lowest BCUT2D eigenvalue weighted by molar-refractivity contribution is 0.194. The number of nitrogens with zero attached hydrogens (tertiary/aromatic N) is 2. The van der Waals surface area contributed by atoms with Gasteiger partial charge >= 0.3 is 0 Å². The molecule has 0 saturated carbocycles. The van der Waals surface area contributed by atoms with Gasteiger partial charge in [0, 0.05) is 26.0 Å². The third-order valence-corrected chi connectivity index (χ3v) is 2.41. The van der Waals surface area contributed by atoms with Crippen LogP contribution in [0.25, 0.3) is 0 Å². The highest BCUT2D eigenvalue weighted by molar-refractivity contribution is 4.93. The van der Waals surface area contributed by atoms with Gasteiger partial charge in [0.25, 0.3) is 0 Å². The molecule has 0 aromatic carbocycles. The predicted molar refractivity (Wildman–Crippen MR) is 51.6 cm³/mol. The Kier molecular flexibility index (Phi) is 3.41. The first-order valence-electron chi connectivity index (χ1n) is 4.56. The molecule has 1 rings (SSSR count). The van der Waals surface area contributed by atoms with Crippen LogP contribution in [0.4, 0.5) is 0 Å². The van der Waals surface area contributed by atoms with Crippen molar-refractivity contribution in [3.05, 3.63) is 12.4 Å². The van der Waals surface area contributed by atoms with Crippen LogP contribution in [-0.4, -0.2) is 43.2 Å². The molecule has 0 bridgehead atoms. The third-order valence-electron chi connectivity index (χ3n) is 2.41. The quantitative estimate of drug-likeness (QED) is 0.624. The van der Waals surface area contributed by atoms with Gasteiger partial charge in [0.2, 0.25) is 0 Å². The van der Waals surface area contributed by atoms with Crippen LogP contribution in [0.3, 0.4) is 0 Å². The van der Waals surface area contributed by atoms with Crippen molar-refractivity contribution >= 4 is 0 Å². The van der Waals surface area contributed by atoms with Gasteiger partial charge in [0.15, 0.2) is 0 Å². The van der Waals surface area contributed by atoms with Crippen LogP contribution < -0.4 is 5.32 Å². The monoisotopic (exact) mass is 169 g/mol. The number of nitrogens with one attached hydrogen (secondary N) is 1. The average molecular weight is 169 g/mol. The molecule has 1 unspecified atom stereocenters. The van der Waals surface area contributed by atoms with Gasteiger partial charge < -0.3 is 15.1 Å². The summed E-state index contributed by atoms with van der Waals surface area (Å²) in [5.74, 6) is 0. The van der Waals surface area contributed by atoms with E-state index in [4.69, 9.17) is 0 Å². The van der Waals surface area contributed by atoms with Gasteiger partial charge in [-0.3, -0.25) is 0 Å². The average Bonchev–Trinajstić information content (AvgIpc) is 2.36. The zero-order chi connectivity index (χ0) is 8.97. The molecule has 1 atom stereocenters. The first-order chi connectivity index (χ1) is 5.75. The predicted octanol–water partition coefficient (Wildman–Crippen LogP) is 0.660. The summed E-state index contributed by atoms with van der Waals surface area (Å²) >= 11 is 0. The van der Waals surface area contributed by atoms with E-state index >= 15 is 0 Å². The molecule has 1 aliphatic heterocycles. The largest absolute Gasteiger partial charge is 0.359 e. The Labute approximate surface area is 75.0 Å². The van der Waals surface area contributed by atoms with Crippen molar-refractivity contribution in [3.63, 3.8) is 0 Å². The second-order valence-electron chi connectivity index (χ2n) is 3.29. The Balaban J connectivity index is 2.21. The molecule has 3 nitrogen and oxygen atoms in total. The molecule has 70 valence electrons. The van der Waals surface area contributed by atoms with E-state index in [1.54, 1.807) is 0 Å². The molecule has 0 spiro atoms. The van der Waals surface area contributed by atoms with Crippen LogP contribution in [0.2, 0.25) is 0 Å². The molecule has 0 fully saturated rings. The molecule has 0 radical (unpaired) electrons. The van der Waals surface area contributed by atoms with E-state index in [0.717, 1.165) is 13.1 Å². The molecule has 0 saturated heterocycles. The highest BCUT2D eigenvalue weighted by atomic mass is 15.4. The summed E-state index contributed by atoms with van der Waals surface area (Å²) in [6, 6.07) is 0. The van der Waals surface area contributed by atoms with E-state index in [2.05, 4.69) is 41.5 Å². The van der Waals surface area contributed by atoms with Gasteiger partial charge in [0.1, 0.15) is 0 Å². The molecule has 3 heteroatoms. The minimum Gasteiger partial charge on any atom is -0.359 e. The Morgan fingerprint density at radius 1 is 1.42 bits per heavy atom. The van der Waals surface area contributed by atoms with Crippen molar-refractivity contribution < 1.29 is 0 Å². The number of hydrogen-bond donors (Lipinski definition) is 1. The molecule has 12 heavy (non-hydrogen) atoms. The Hall–Kier alpha value is -0.700. The molecular weight excluding hydrogens is 150 g/mol. The van der Waals surface area contributed by atoms with Gasteiger partial charge in [-0.25, -0.2) is 0 Å². The van der Waals surface area contributed by atoms with Crippen molar-refractivity contribution in [2.75, 3.05) is 27.2 Å². The maximum atomic E-state index is 3.15. The summed E-state index contributed by atoms with van der Waals surface area (Å²) in [6.45, 7) is 4.46. The van der Waals surface area contributed by atoms with Gasteiger partial charge in [-0.1, -0.05) is 0 Å². The van der Waals surface area contributed by atoms with Gasteiger partial charge in [0.05, 0.1) is 6.17 Å². The van der Waals surface area contributed by atoms with Crippen LogP contribution in [0.5, 0.6) is 0 Å². The molecule has 0 amide bonds. The normalized spacial score (nSPS) is 22.4. The smallest absolute Gasteiger partial charge is 0.0974 e. The summed E-state index contributed by atoms with van der Waals surface area (Å²) in [5, 5.41) is 3.15. The summed E-state index contributed by atoms with van der Waals surface area (Å²) < 4.78 is 0. The SMILES string of the molecule is CNCCCN1C=CN(C)C1C. The molecule has 0 aromatic rings. The highest BCUT2D eigenvalue weighted by Gasteiger charge is 2.16. The number of rotatable bonds is 4. The Morgan fingerprint density at radius 3 is 2.67 bits per heavy atom. The summed E-state index contributed by atoms with van der Waals surface area (Å²) in [6.07, 6.45) is 6.03. The van der Waals surface area contributed by atoms with Crippen molar-refractivity contribution in [3.8, 4) is 0 Å². The van der Waals surface area contributed by atoms with E-state index in [0.29, 0.717) is 6.17 Å². The zero-order valence-corrected chi connectivity index (χ0v) is 8.25. The Bertz CT molecular complexity index is 156. The van der Waals surface area contributed by atoms with E-state index in [-0.39, 0.29) is 0 Å². The summed E-state index contributed by atoms with van der Waals surface area (Å²) in [5.41, 5.74) is 0. The minimum atomic E-state index is 0.529. The molecule has 1 heterocycles. The number of hydrogen-bond acceptors (Lipinski definition) is 3. The first-order valence-corrected chi connectivity index (χ1v) is 4.56. The first kappa shape index (κ1) is 9.39. The van der Waals surface area contributed by atoms with Crippen molar-refractivity contribution in [2.45, 2.75) is 19.5 Å². The van der Waals surface area contributed by atoms with Crippen LogP contribution in [-0.2, 0) is 0 Å². The van der Waals surface area contributed by atoms with Crippen LogP contribution >= 0.6 is 0 Å². The van der Waals surface area contributed by atoms with Gasteiger partial charge in [-0.05, 0) is 26.9 Å². The summed E-state index contributed by atoms with van der Waals surface area (Å²) in [7, 11) is 4.11. The van der Waals surface area contributed by atoms with Crippen molar-refractivity contribution in [1.29, 1.82) is 0 Å². The van der Waals surface area contributed by atoms with E-state index in [1.165, 1.54) is 6.42 Å². The fourth-order valence-electron chi connectivity index (χ4n) is 1.37. The Morgan fingerprint density at radius 2 is 2.17 bits per heavy atom. The molecule has 1 N–H and O–H groups in total. The van der Waals surface area contributed by atoms with E-state index in [9.17, 15) is 0 Å². The molecule has 0 aromatic heterocycles. The van der Waals surface area contributed by atoms with E-state index < -0.39 is 0 Å². The molecular formula is C9H19N3. The maximum Gasteiger partial charge on any atom is 0.0974 e. The second-order valence-corrected chi connectivity index (χ2v) is 3.29. The fraction of sp³-hybridized carbons (Fsp3) is 0.778.